The predicted molar refractivity (Wildman–Crippen MR) is 87.5 cm³/mol. The Morgan fingerprint density at radius 1 is 1.00 bits per heavy atom. The van der Waals surface area contributed by atoms with Crippen molar-refractivity contribution in [2.24, 2.45) is 10.9 Å². The predicted octanol–water partition coefficient (Wildman–Crippen LogP) is 3.93. The summed E-state index contributed by atoms with van der Waals surface area (Å²) in [7, 11) is -2.47. The minimum absolute atomic E-state index is 0.572. The van der Waals surface area contributed by atoms with E-state index in [1.807, 2.05) is 20.8 Å². The molecule has 0 aromatic rings. The first kappa shape index (κ1) is 19.8. The molecule has 0 heterocycles. The second-order valence-corrected chi connectivity index (χ2v) is 7.65. The molecule has 1 unspecified atom stereocenters. The maximum atomic E-state index is 5.83. The molecule has 0 amide bonds. The highest BCUT2D eigenvalue weighted by atomic mass is 28.4. The second-order valence-electron chi connectivity index (χ2n) is 4.92. The van der Waals surface area contributed by atoms with Crippen molar-refractivity contribution >= 4 is 14.5 Å². The lowest BCUT2D eigenvalue weighted by molar-refractivity contribution is 0.0710. The van der Waals surface area contributed by atoms with E-state index in [0.717, 1.165) is 25.4 Å². The Hall–Kier alpha value is -0.233. The van der Waals surface area contributed by atoms with Gasteiger partial charge in [-0.2, -0.15) is 0 Å². The summed E-state index contributed by atoms with van der Waals surface area (Å²) < 4.78 is 17.5. The van der Waals surface area contributed by atoms with Crippen LogP contribution in [0.5, 0.6) is 0 Å². The van der Waals surface area contributed by atoms with Crippen LogP contribution in [0.25, 0.3) is 0 Å². The lowest BCUT2D eigenvalue weighted by Gasteiger charge is -2.28. The van der Waals surface area contributed by atoms with Crippen LogP contribution in [0.2, 0.25) is 6.04 Å². The first-order valence-electron chi connectivity index (χ1n) is 7.97. The zero-order chi connectivity index (χ0) is 15.4. The molecule has 0 aliphatic rings. The molecule has 0 aromatic heterocycles. The first-order valence-corrected chi connectivity index (χ1v) is 9.91. The fourth-order valence-corrected chi connectivity index (χ4v) is 4.60. The van der Waals surface area contributed by atoms with Gasteiger partial charge in [0.05, 0.1) is 0 Å². The molecule has 120 valence electrons. The van der Waals surface area contributed by atoms with Gasteiger partial charge in [0.2, 0.25) is 0 Å². The number of aliphatic imine (C=N–C) groups is 1. The van der Waals surface area contributed by atoms with Crippen molar-refractivity contribution in [1.29, 1.82) is 0 Å². The molecule has 0 rings (SSSR count). The molecule has 0 fully saturated rings. The maximum absolute atomic E-state index is 5.83. The molecule has 0 aliphatic carbocycles. The van der Waals surface area contributed by atoms with Crippen LogP contribution in [-0.4, -0.2) is 40.9 Å². The van der Waals surface area contributed by atoms with Gasteiger partial charge in [-0.25, -0.2) is 0 Å². The summed E-state index contributed by atoms with van der Waals surface area (Å²) in [4.78, 5) is 4.65. The Bertz CT molecular complexity index is 255. The lowest BCUT2D eigenvalue weighted by atomic mass is 10.0. The number of hydrogen-bond acceptors (Lipinski definition) is 4. The molecule has 0 radical (unpaired) electrons. The van der Waals surface area contributed by atoms with Gasteiger partial charge in [-0.1, -0.05) is 13.8 Å². The quantitative estimate of drug-likeness (QED) is 0.311. The van der Waals surface area contributed by atoms with Crippen LogP contribution in [-0.2, 0) is 13.3 Å². The Morgan fingerprint density at radius 2 is 1.50 bits per heavy atom. The maximum Gasteiger partial charge on any atom is 0.500 e. The largest absolute Gasteiger partial charge is 0.500 e. The monoisotopic (exact) mass is 303 g/mol. The number of rotatable bonds is 12. The molecule has 0 bridgehead atoms. The van der Waals surface area contributed by atoms with E-state index in [2.05, 4.69) is 25.8 Å². The van der Waals surface area contributed by atoms with Crippen LogP contribution in [0.4, 0.5) is 0 Å². The molecule has 0 saturated heterocycles. The summed E-state index contributed by atoms with van der Waals surface area (Å²) in [6.45, 7) is 15.3. The molecule has 5 heteroatoms. The van der Waals surface area contributed by atoms with Crippen molar-refractivity contribution < 1.29 is 13.3 Å². The third-order valence-corrected chi connectivity index (χ3v) is 6.57. The van der Waals surface area contributed by atoms with Crippen LogP contribution in [0.1, 0.15) is 54.4 Å². The standard InChI is InChI=1S/C15H33NO3Si/c1-7-14(5)15(6)16-12-11-13-20(17-8-2,18-9-3)19-10-4/h14H,7-13H2,1-6H3/b16-15+. The zero-order valence-corrected chi connectivity index (χ0v) is 15.2. The molecule has 20 heavy (non-hydrogen) atoms. The van der Waals surface area contributed by atoms with Gasteiger partial charge in [0.25, 0.3) is 0 Å². The Labute approximate surface area is 126 Å². The van der Waals surface area contributed by atoms with Crippen molar-refractivity contribution in [3.05, 3.63) is 0 Å². The van der Waals surface area contributed by atoms with Gasteiger partial charge < -0.3 is 13.3 Å². The molecule has 0 saturated carbocycles. The van der Waals surface area contributed by atoms with Crippen LogP contribution in [0.15, 0.2) is 4.99 Å². The normalized spacial score (nSPS) is 14.6. The van der Waals surface area contributed by atoms with E-state index in [9.17, 15) is 0 Å². The first-order chi connectivity index (χ1) is 9.55. The van der Waals surface area contributed by atoms with E-state index in [1.165, 1.54) is 5.71 Å². The number of hydrogen-bond donors (Lipinski definition) is 0. The zero-order valence-electron chi connectivity index (χ0n) is 14.2. The average molecular weight is 304 g/mol. The summed E-state index contributed by atoms with van der Waals surface area (Å²) in [5.41, 5.74) is 1.24. The summed E-state index contributed by atoms with van der Waals surface area (Å²) in [5.74, 6) is 0.572. The van der Waals surface area contributed by atoms with Crippen molar-refractivity contribution in [3.63, 3.8) is 0 Å². The minimum atomic E-state index is -2.47. The fourth-order valence-electron chi connectivity index (χ4n) is 2.00. The number of nitrogens with zero attached hydrogens (tertiary/aromatic N) is 1. The third kappa shape index (κ3) is 7.52. The topological polar surface area (TPSA) is 40.0 Å². The highest BCUT2D eigenvalue weighted by Gasteiger charge is 2.39. The van der Waals surface area contributed by atoms with Gasteiger partial charge in [-0.3, -0.25) is 4.99 Å². The summed E-state index contributed by atoms with van der Waals surface area (Å²) in [5, 5.41) is 0. The van der Waals surface area contributed by atoms with Gasteiger partial charge in [0, 0.05) is 38.1 Å². The van der Waals surface area contributed by atoms with E-state index in [-0.39, 0.29) is 0 Å². The molecule has 1 atom stereocenters. The summed E-state index contributed by atoms with van der Waals surface area (Å²) >= 11 is 0. The van der Waals surface area contributed by atoms with Crippen LogP contribution >= 0.6 is 0 Å². The molecule has 0 spiro atoms. The molecule has 0 aromatic carbocycles. The molecule has 4 nitrogen and oxygen atoms in total. The molecular weight excluding hydrogens is 270 g/mol. The molecule has 0 aliphatic heterocycles. The van der Waals surface area contributed by atoms with E-state index >= 15 is 0 Å². The highest BCUT2D eigenvalue weighted by molar-refractivity contribution is 6.60. The van der Waals surface area contributed by atoms with Crippen molar-refractivity contribution in [2.45, 2.75) is 60.4 Å². The molecule has 0 N–H and O–H groups in total. The summed E-state index contributed by atoms with van der Waals surface area (Å²) in [6.07, 6.45) is 2.10. The smallest absolute Gasteiger partial charge is 0.374 e. The lowest BCUT2D eigenvalue weighted by Crippen LogP contribution is -2.46. The Balaban J connectivity index is 4.38. The van der Waals surface area contributed by atoms with E-state index in [1.54, 1.807) is 0 Å². The fraction of sp³-hybridized carbons (Fsp3) is 0.933. The van der Waals surface area contributed by atoms with E-state index in [0.29, 0.717) is 25.7 Å². The Morgan fingerprint density at radius 3 is 1.90 bits per heavy atom. The van der Waals surface area contributed by atoms with E-state index in [4.69, 9.17) is 13.3 Å². The average Bonchev–Trinajstić information content (AvgIpc) is 2.43. The van der Waals surface area contributed by atoms with Crippen LogP contribution in [0.3, 0.4) is 0 Å². The van der Waals surface area contributed by atoms with Crippen molar-refractivity contribution in [3.8, 4) is 0 Å². The SMILES string of the molecule is CCO[Si](CCC/N=C(\C)C(C)CC)(OCC)OCC. The molecular formula is C15H33NO3Si. The Kier molecular flexibility index (Phi) is 11.3. The van der Waals surface area contributed by atoms with Crippen molar-refractivity contribution in [2.75, 3.05) is 26.4 Å². The summed E-state index contributed by atoms with van der Waals surface area (Å²) in [6, 6.07) is 0.847. The van der Waals surface area contributed by atoms with Crippen LogP contribution < -0.4 is 0 Å². The van der Waals surface area contributed by atoms with Crippen molar-refractivity contribution in [1.82, 2.24) is 0 Å². The second kappa shape index (κ2) is 11.4. The van der Waals surface area contributed by atoms with Crippen LogP contribution in [0, 0.1) is 5.92 Å². The van der Waals surface area contributed by atoms with E-state index < -0.39 is 8.80 Å². The van der Waals surface area contributed by atoms with Gasteiger partial charge in [-0.15, -0.1) is 0 Å². The minimum Gasteiger partial charge on any atom is -0.374 e. The highest BCUT2D eigenvalue weighted by Crippen LogP contribution is 2.18. The van der Waals surface area contributed by atoms with Gasteiger partial charge in [0.15, 0.2) is 0 Å². The van der Waals surface area contributed by atoms with Gasteiger partial charge >= 0.3 is 8.80 Å². The third-order valence-electron chi connectivity index (χ3n) is 3.42. The van der Waals surface area contributed by atoms with Gasteiger partial charge in [0.1, 0.15) is 0 Å². The van der Waals surface area contributed by atoms with Gasteiger partial charge in [-0.05, 0) is 46.5 Å².